The van der Waals surface area contributed by atoms with Crippen LogP contribution in [0.5, 0.6) is 0 Å². The Hall–Kier alpha value is -2.52. The first-order valence-electron chi connectivity index (χ1n) is 9.07. The van der Waals surface area contributed by atoms with Gasteiger partial charge in [0.2, 0.25) is 5.91 Å². The van der Waals surface area contributed by atoms with Crippen LogP contribution in [0.4, 0.5) is 0 Å². The third-order valence-corrected chi connectivity index (χ3v) is 6.68. The van der Waals surface area contributed by atoms with Crippen molar-refractivity contribution < 1.29 is 9.59 Å². The quantitative estimate of drug-likeness (QED) is 0.708. The highest BCUT2D eigenvalue weighted by Crippen LogP contribution is 2.22. The van der Waals surface area contributed by atoms with E-state index in [1.807, 2.05) is 22.9 Å². The zero-order valence-corrected chi connectivity index (χ0v) is 17.0. The average Bonchev–Trinajstić information content (AvgIpc) is 3.39. The van der Waals surface area contributed by atoms with Crippen LogP contribution in [0.15, 0.2) is 33.8 Å². The van der Waals surface area contributed by atoms with Crippen LogP contribution in [0, 0.1) is 5.92 Å². The van der Waals surface area contributed by atoms with Crippen molar-refractivity contribution in [1.82, 2.24) is 19.8 Å². The second-order valence-electron chi connectivity index (χ2n) is 6.91. The molecule has 1 N–H and O–H groups in total. The van der Waals surface area contributed by atoms with Crippen molar-refractivity contribution in [3.8, 4) is 0 Å². The number of aromatic amines is 1. The summed E-state index contributed by atoms with van der Waals surface area (Å²) in [6.07, 6.45) is 1.56. The third kappa shape index (κ3) is 3.72. The molecule has 4 rings (SSSR count). The summed E-state index contributed by atoms with van der Waals surface area (Å²) >= 11 is 2.77. The van der Waals surface area contributed by atoms with E-state index in [1.54, 1.807) is 22.9 Å². The van der Waals surface area contributed by atoms with Gasteiger partial charge in [-0.1, -0.05) is 6.07 Å². The average molecular weight is 417 g/mol. The van der Waals surface area contributed by atoms with E-state index in [1.165, 1.54) is 22.7 Å². The van der Waals surface area contributed by atoms with E-state index in [4.69, 9.17) is 0 Å². The van der Waals surface area contributed by atoms with E-state index in [0.717, 1.165) is 12.8 Å². The molecule has 0 bridgehead atoms. The van der Waals surface area contributed by atoms with Crippen molar-refractivity contribution in [3.63, 3.8) is 0 Å². The van der Waals surface area contributed by atoms with Crippen molar-refractivity contribution in [3.05, 3.63) is 50.0 Å². The van der Waals surface area contributed by atoms with Gasteiger partial charge >= 0.3 is 0 Å². The zero-order chi connectivity index (χ0) is 19.7. The van der Waals surface area contributed by atoms with E-state index in [0.29, 0.717) is 34.0 Å². The van der Waals surface area contributed by atoms with Crippen LogP contribution in [0.25, 0.3) is 10.2 Å². The fourth-order valence-electron chi connectivity index (χ4n) is 3.53. The summed E-state index contributed by atoms with van der Waals surface area (Å²) in [6, 6.07) is 5.47. The van der Waals surface area contributed by atoms with Crippen LogP contribution in [0.1, 0.15) is 28.3 Å². The number of likely N-dealkylation sites (tertiary alicyclic amines) is 1. The Kier molecular flexibility index (Phi) is 5.27. The standard InChI is InChI=1S/C19H20N4O3S2/c1-22(11-15-20-13-6-9-28-16(13)17(24)21-15)18(25)12-4-2-7-23(10-12)19(26)14-5-3-8-27-14/h3,5-6,8-9,12H,2,4,7,10-11H2,1H3,(H,20,21,24). The number of thiophene rings is 2. The highest BCUT2D eigenvalue weighted by molar-refractivity contribution is 7.17. The Balaban J connectivity index is 1.44. The van der Waals surface area contributed by atoms with E-state index in [9.17, 15) is 14.4 Å². The highest BCUT2D eigenvalue weighted by atomic mass is 32.1. The molecule has 3 aromatic heterocycles. The molecule has 0 saturated carbocycles. The fourth-order valence-corrected chi connectivity index (χ4v) is 4.95. The van der Waals surface area contributed by atoms with Gasteiger partial charge in [-0.2, -0.15) is 0 Å². The lowest BCUT2D eigenvalue weighted by molar-refractivity contribution is -0.136. The molecule has 146 valence electrons. The van der Waals surface area contributed by atoms with Crippen molar-refractivity contribution in [2.24, 2.45) is 5.92 Å². The largest absolute Gasteiger partial charge is 0.338 e. The van der Waals surface area contributed by atoms with Gasteiger partial charge in [-0.05, 0) is 35.7 Å². The molecule has 0 spiro atoms. The van der Waals surface area contributed by atoms with Gasteiger partial charge in [0, 0.05) is 20.1 Å². The first-order valence-corrected chi connectivity index (χ1v) is 10.8. The number of rotatable bonds is 4. The molecule has 7 nitrogen and oxygen atoms in total. The van der Waals surface area contributed by atoms with E-state index in [-0.39, 0.29) is 29.8 Å². The molecule has 4 heterocycles. The molecule has 0 aromatic carbocycles. The number of H-pyrrole nitrogens is 1. The highest BCUT2D eigenvalue weighted by Gasteiger charge is 2.31. The maximum atomic E-state index is 12.9. The summed E-state index contributed by atoms with van der Waals surface area (Å²) in [7, 11) is 1.71. The third-order valence-electron chi connectivity index (χ3n) is 4.92. The summed E-state index contributed by atoms with van der Waals surface area (Å²) in [4.78, 5) is 48.9. The maximum absolute atomic E-state index is 12.9. The molecular formula is C19H20N4O3S2. The topological polar surface area (TPSA) is 86.4 Å². The van der Waals surface area contributed by atoms with Gasteiger partial charge < -0.3 is 14.8 Å². The van der Waals surface area contributed by atoms with Crippen molar-refractivity contribution in [2.45, 2.75) is 19.4 Å². The number of nitrogens with zero attached hydrogens (tertiary/aromatic N) is 3. The van der Waals surface area contributed by atoms with E-state index >= 15 is 0 Å². The summed E-state index contributed by atoms with van der Waals surface area (Å²) < 4.78 is 0.591. The number of hydrogen-bond acceptors (Lipinski definition) is 6. The minimum Gasteiger partial charge on any atom is -0.338 e. The van der Waals surface area contributed by atoms with Crippen LogP contribution in [-0.2, 0) is 11.3 Å². The maximum Gasteiger partial charge on any atom is 0.268 e. The Bertz CT molecular complexity index is 1060. The monoisotopic (exact) mass is 416 g/mol. The summed E-state index contributed by atoms with van der Waals surface area (Å²) in [5.41, 5.74) is 0.469. The zero-order valence-electron chi connectivity index (χ0n) is 15.4. The van der Waals surface area contributed by atoms with Gasteiger partial charge in [-0.3, -0.25) is 14.4 Å². The van der Waals surface area contributed by atoms with Gasteiger partial charge in [0.1, 0.15) is 10.5 Å². The lowest BCUT2D eigenvalue weighted by atomic mass is 9.96. The normalized spacial score (nSPS) is 17.0. The van der Waals surface area contributed by atoms with Gasteiger partial charge in [-0.25, -0.2) is 4.98 Å². The molecule has 1 fully saturated rings. The fraction of sp³-hybridized carbons (Fsp3) is 0.368. The molecular weight excluding hydrogens is 396 g/mol. The molecule has 9 heteroatoms. The molecule has 1 aliphatic rings. The molecule has 0 aliphatic carbocycles. The summed E-state index contributed by atoms with van der Waals surface area (Å²) in [5, 5.41) is 3.71. The lowest BCUT2D eigenvalue weighted by Gasteiger charge is -2.33. The van der Waals surface area contributed by atoms with E-state index < -0.39 is 0 Å². The number of hydrogen-bond donors (Lipinski definition) is 1. The summed E-state index contributed by atoms with van der Waals surface area (Å²) in [6.45, 7) is 1.33. The van der Waals surface area contributed by atoms with E-state index in [2.05, 4.69) is 9.97 Å². The SMILES string of the molecule is CN(Cc1nc2ccsc2c(=O)[nH]1)C(=O)C1CCCN(C(=O)c2cccs2)C1. The van der Waals surface area contributed by atoms with Crippen molar-refractivity contribution in [1.29, 1.82) is 0 Å². The van der Waals surface area contributed by atoms with Crippen LogP contribution in [0.3, 0.4) is 0 Å². The van der Waals surface area contributed by atoms with Gasteiger partial charge in [0.25, 0.3) is 11.5 Å². The van der Waals surface area contributed by atoms with Gasteiger partial charge in [0.05, 0.1) is 22.9 Å². The van der Waals surface area contributed by atoms with Crippen LogP contribution in [-0.4, -0.2) is 51.7 Å². The molecule has 1 aliphatic heterocycles. The minimum atomic E-state index is -0.237. The van der Waals surface area contributed by atoms with Crippen LogP contribution in [0.2, 0.25) is 0 Å². The first-order chi connectivity index (χ1) is 13.5. The number of nitrogens with one attached hydrogen (secondary N) is 1. The second kappa shape index (κ2) is 7.84. The lowest BCUT2D eigenvalue weighted by Crippen LogP contribution is -2.45. The Morgan fingerprint density at radius 1 is 1.32 bits per heavy atom. The van der Waals surface area contributed by atoms with Gasteiger partial charge in [-0.15, -0.1) is 22.7 Å². The molecule has 1 saturated heterocycles. The predicted octanol–water partition coefficient (Wildman–Crippen LogP) is 2.56. The molecule has 1 unspecified atom stereocenters. The van der Waals surface area contributed by atoms with Crippen LogP contribution < -0.4 is 5.56 Å². The Labute approximate surface area is 169 Å². The van der Waals surface area contributed by atoms with Crippen molar-refractivity contribution >= 4 is 44.7 Å². The molecule has 1 atom stereocenters. The number of amides is 2. The molecule has 0 radical (unpaired) electrons. The predicted molar refractivity (Wildman–Crippen MR) is 110 cm³/mol. The molecule has 28 heavy (non-hydrogen) atoms. The molecule has 3 aromatic rings. The van der Waals surface area contributed by atoms with Crippen molar-refractivity contribution in [2.75, 3.05) is 20.1 Å². The number of aromatic nitrogens is 2. The van der Waals surface area contributed by atoms with Crippen LogP contribution >= 0.6 is 22.7 Å². The number of carbonyl (C=O) groups excluding carboxylic acids is 2. The summed E-state index contributed by atoms with van der Waals surface area (Å²) in [5.74, 6) is 0.189. The number of carbonyl (C=O) groups is 2. The minimum absolute atomic E-state index is 0.0101. The second-order valence-corrected chi connectivity index (χ2v) is 8.77. The first kappa shape index (κ1) is 18.8. The Morgan fingerprint density at radius 2 is 2.18 bits per heavy atom. The van der Waals surface area contributed by atoms with Gasteiger partial charge in [0.15, 0.2) is 0 Å². The smallest absolute Gasteiger partial charge is 0.268 e. The Morgan fingerprint density at radius 3 is 2.96 bits per heavy atom. The number of piperidine rings is 1. The number of fused-ring (bicyclic) bond motifs is 1. The molecule has 2 amide bonds.